The zero-order chi connectivity index (χ0) is 16.5. The lowest BCUT2D eigenvalue weighted by Gasteiger charge is -2.23. The van der Waals surface area contributed by atoms with Gasteiger partial charge in [0.2, 0.25) is 0 Å². The summed E-state index contributed by atoms with van der Waals surface area (Å²) >= 11 is 1.82. The van der Waals surface area contributed by atoms with Crippen LogP contribution in [-0.2, 0) is 9.47 Å². The second-order valence-corrected chi connectivity index (χ2v) is 6.99. The molecule has 2 unspecified atom stereocenters. The summed E-state index contributed by atoms with van der Waals surface area (Å²) in [6.07, 6.45) is 1.16. The molecule has 2 rings (SSSR count). The molecular formula is C17H29N3O2S. The lowest BCUT2D eigenvalue weighted by molar-refractivity contribution is 0.0536. The highest BCUT2D eigenvalue weighted by Crippen LogP contribution is 2.20. The highest BCUT2D eigenvalue weighted by molar-refractivity contribution is 7.10. The van der Waals surface area contributed by atoms with Crippen molar-refractivity contribution in [1.82, 2.24) is 10.2 Å². The molecule has 0 bridgehead atoms. The summed E-state index contributed by atoms with van der Waals surface area (Å²) in [4.78, 5) is 8.20. The van der Waals surface area contributed by atoms with Crippen molar-refractivity contribution in [2.45, 2.75) is 19.3 Å². The molecular weight excluding hydrogens is 310 g/mol. The van der Waals surface area contributed by atoms with Crippen molar-refractivity contribution in [2.24, 2.45) is 10.9 Å². The second-order valence-electron chi connectivity index (χ2n) is 6.01. The van der Waals surface area contributed by atoms with Gasteiger partial charge in [0.15, 0.2) is 5.96 Å². The van der Waals surface area contributed by atoms with Gasteiger partial charge in [0.1, 0.15) is 0 Å². The lowest BCUT2D eigenvalue weighted by Crippen LogP contribution is -2.41. The summed E-state index contributed by atoms with van der Waals surface area (Å²) in [7, 11) is 3.56. The summed E-state index contributed by atoms with van der Waals surface area (Å²) in [6, 6.07) is 4.31. The van der Waals surface area contributed by atoms with Gasteiger partial charge in [0.25, 0.3) is 0 Å². The molecule has 0 amide bonds. The van der Waals surface area contributed by atoms with Crippen LogP contribution >= 0.6 is 11.3 Å². The molecule has 6 heteroatoms. The first kappa shape index (κ1) is 18.2. The van der Waals surface area contributed by atoms with E-state index in [0.717, 1.165) is 38.6 Å². The predicted octanol–water partition coefficient (Wildman–Crippen LogP) is 2.41. The van der Waals surface area contributed by atoms with Gasteiger partial charge >= 0.3 is 0 Å². The van der Waals surface area contributed by atoms with Gasteiger partial charge in [-0.3, -0.25) is 4.99 Å². The molecule has 1 aromatic rings. The van der Waals surface area contributed by atoms with Gasteiger partial charge in [-0.15, -0.1) is 11.3 Å². The van der Waals surface area contributed by atoms with Crippen LogP contribution in [0.4, 0.5) is 0 Å². The molecule has 0 radical (unpaired) electrons. The molecule has 1 aliphatic rings. The monoisotopic (exact) mass is 339 g/mol. The van der Waals surface area contributed by atoms with Crippen LogP contribution < -0.4 is 5.32 Å². The second kappa shape index (κ2) is 9.90. The molecule has 1 saturated heterocycles. The zero-order valence-corrected chi connectivity index (χ0v) is 15.3. The van der Waals surface area contributed by atoms with Crippen molar-refractivity contribution in [3.63, 3.8) is 0 Å². The molecule has 130 valence electrons. The minimum Gasteiger partial charge on any atom is -0.382 e. The molecule has 0 spiro atoms. The summed E-state index contributed by atoms with van der Waals surface area (Å²) < 4.78 is 10.7. The van der Waals surface area contributed by atoms with E-state index >= 15 is 0 Å². The Labute approximate surface area is 143 Å². The van der Waals surface area contributed by atoms with Gasteiger partial charge in [-0.05, 0) is 17.9 Å². The van der Waals surface area contributed by atoms with Gasteiger partial charge in [0.05, 0.1) is 19.8 Å². The van der Waals surface area contributed by atoms with Crippen LogP contribution in [0.3, 0.4) is 0 Å². The first-order valence-electron chi connectivity index (χ1n) is 8.30. The SMILES string of the molecule is CN=C(NCC(C)c1cccs1)N1CCC(COCCOC)C1. The van der Waals surface area contributed by atoms with E-state index in [-0.39, 0.29) is 0 Å². The fourth-order valence-corrected chi connectivity index (χ4v) is 3.59. The average Bonchev–Trinajstić information content (AvgIpc) is 3.24. The Morgan fingerprint density at radius 2 is 2.39 bits per heavy atom. The van der Waals surface area contributed by atoms with E-state index in [9.17, 15) is 0 Å². The van der Waals surface area contributed by atoms with Crippen LogP contribution in [0.5, 0.6) is 0 Å². The number of ether oxygens (including phenoxy) is 2. The third-order valence-electron chi connectivity index (χ3n) is 4.18. The Bertz CT molecular complexity index is 464. The van der Waals surface area contributed by atoms with E-state index in [2.05, 4.69) is 39.6 Å². The quantitative estimate of drug-likeness (QED) is 0.449. The molecule has 1 fully saturated rings. The van der Waals surface area contributed by atoms with Gasteiger partial charge in [-0.2, -0.15) is 0 Å². The van der Waals surface area contributed by atoms with Crippen molar-refractivity contribution in [3.8, 4) is 0 Å². The van der Waals surface area contributed by atoms with Gasteiger partial charge in [-0.1, -0.05) is 13.0 Å². The predicted molar refractivity (Wildman–Crippen MR) is 96.5 cm³/mol. The first-order chi connectivity index (χ1) is 11.2. The molecule has 0 saturated carbocycles. The molecule has 1 aromatic heterocycles. The number of nitrogens with one attached hydrogen (secondary N) is 1. The first-order valence-corrected chi connectivity index (χ1v) is 9.18. The number of likely N-dealkylation sites (tertiary alicyclic amines) is 1. The summed E-state index contributed by atoms with van der Waals surface area (Å²) in [5.41, 5.74) is 0. The fourth-order valence-electron chi connectivity index (χ4n) is 2.80. The van der Waals surface area contributed by atoms with E-state index in [1.54, 1.807) is 7.11 Å². The maximum Gasteiger partial charge on any atom is 0.193 e. The summed E-state index contributed by atoms with van der Waals surface area (Å²) in [5, 5.41) is 5.65. The molecule has 5 nitrogen and oxygen atoms in total. The minimum atomic E-state index is 0.502. The largest absolute Gasteiger partial charge is 0.382 e. The Balaban J connectivity index is 1.72. The number of hydrogen-bond donors (Lipinski definition) is 1. The van der Waals surface area contributed by atoms with Crippen LogP contribution in [-0.4, -0.2) is 64.5 Å². The number of hydrogen-bond acceptors (Lipinski definition) is 4. The number of guanidine groups is 1. The van der Waals surface area contributed by atoms with Crippen LogP contribution in [0.15, 0.2) is 22.5 Å². The van der Waals surface area contributed by atoms with E-state index in [4.69, 9.17) is 9.47 Å². The van der Waals surface area contributed by atoms with Crippen molar-refractivity contribution >= 4 is 17.3 Å². The third kappa shape index (κ3) is 5.79. The summed E-state index contributed by atoms with van der Waals surface area (Å²) in [6.45, 7) is 7.38. The normalized spacial score (nSPS) is 20.0. The molecule has 1 N–H and O–H groups in total. The van der Waals surface area contributed by atoms with Gasteiger partial charge in [-0.25, -0.2) is 0 Å². The van der Waals surface area contributed by atoms with Crippen molar-refractivity contribution in [1.29, 1.82) is 0 Å². The van der Waals surface area contributed by atoms with Crippen molar-refractivity contribution in [3.05, 3.63) is 22.4 Å². The maximum absolute atomic E-state index is 5.66. The molecule has 2 heterocycles. The fraction of sp³-hybridized carbons (Fsp3) is 0.706. The number of aliphatic imine (C=N–C) groups is 1. The molecule has 0 aromatic carbocycles. The number of methoxy groups -OCH3 is 1. The Morgan fingerprint density at radius 3 is 3.09 bits per heavy atom. The highest BCUT2D eigenvalue weighted by Gasteiger charge is 2.25. The maximum atomic E-state index is 5.66. The van der Waals surface area contributed by atoms with Crippen LogP contribution in [0, 0.1) is 5.92 Å². The summed E-state index contributed by atoms with van der Waals surface area (Å²) in [5.74, 6) is 2.09. The minimum absolute atomic E-state index is 0.502. The number of nitrogens with zero attached hydrogens (tertiary/aromatic N) is 2. The number of rotatable bonds is 8. The highest BCUT2D eigenvalue weighted by atomic mass is 32.1. The number of thiophene rings is 1. The van der Waals surface area contributed by atoms with Crippen molar-refractivity contribution < 1.29 is 9.47 Å². The Kier molecular flexibility index (Phi) is 7.85. The third-order valence-corrected chi connectivity index (χ3v) is 5.28. The smallest absolute Gasteiger partial charge is 0.193 e. The van der Waals surface area contributed by atoms with Crippen LogP contribution in [0.2, 0.25) is 0 Å². The lowest BCUT2D eigenvalue weighted by atomic mass is 10.1. The van der Waals surface area contributed by atoms with Crippen molar-refractivity contribution in [2.75, 3.05) is 53.6 Å². The average molecular weight is 340 g/mol. The van der Waals surface area contributed by atoms with Gasteiger partial charge in [0, 0.05) is 50.5 Å². The van der Waals surface area contributed by atoms with Crippen LogP contribution in [0.1, 0.15) is 24.1 Å². The van der Waals surface area contributed by atoms with E-state index < -0.39 is 0 Å². The molecule has 1 aliphatic heterocycles. The van der Waals surface area contributed by atoms with E-state index in [1.807, 2.05) is 18.4 Å². The van der Waals surface area contributed by atoms with Crippen LogP contribution in [0.25, 0.3) is 0 Å². The zero-order valence-electron chi connectivity index (χ0n) is 14.5. The Hall–Kier alpha value is -1.11. The topological polar surface area (TPSA) is 46.1 Å². The van der Waals surface area contributed by atoms with E-state index in [1.165, 1.54) is 4.88 Å². The Morgan fingerprint density at radius 1 is 1.52 bits per heavy atom. The molecule has 2 atom stereocenters. The van der Waals surface area contributed by atoms with Gasteiger partial charge < -0.3 is 19.7 Å². The molecule has 23 heavy (non-hydrogen) atoms. The van der Waals surface area contributed by atoms with E-state index in [0.29, 0.717) is 25.0 Å². The molecule has 0 aliphatic carbocycles. The standard InChI is InChI=1S/C17H29N3O2S/c1-14(16-5-4-10-23-16)11-19-17(18-2)20-7-6-15(12-20)13-22-9-8-21-3/h4-5,10,14-15H,6-9,11-13H2,1-3H3,(H,18,19).